The number of hydrogen-bond acceptors (Lipinski definition) is 6. The molecule has 1 aromatic heterocycles. The van der Waals surface area contributed by atoms with Crippen LogP contribution in [-0.4, -0.2) is 23.2 Å². The molecule has 4 rings (SSSR count). The molecule has 0 radical (unpaired) electrons. The fourth-order valence-corrected chi connectivity index (χ4v) is 3.88. The summed E-state index contributed by atoms with van der Waals surface area (Å²) < 4.78 is 11.4. The standard InChI is InChI=1S/C25H20ClN3O3S/c1-31-22-15-18(12-13-21(22)32-16-17-8-4-2-5-9-17)14-20(26)24-28-29-25(33-24)23(30)27-19-10-6-3-7-11-19/h2-15H,16H2,1H3,(H,27,30)/b20-14-. The van der Waals surface area contributed by atoms with Crippen LogP contribution in [0.5, 0.6) is 11.5 Å². The summed E-state index contributed by atoms with van der Waals surface area (Å²) in [5, 5.41) is 11.8. The second-order valence-electron chi connectivity index (χ2n) is 6.91. The zero-order valence-electron chi connectivity index (χ0n) is 17.7. The highest BCUT2D eigenvalue weighted by Gasteiger charge is 2.15. The van der Waals surface area contributed by atoms with Gasteiger partial charge in [-0.1, -0.05) is 77.5 Å². The number of benzene rings is 3. The van der Waals surface area contributed by atoms with Crippen molar-refractivity contribution in [1.29, 1.82) is 0 Å². The number of nitrogens with zero attached hydrogens (tertiary/aromatic N) is 2. The van der Waals surface area contributed by atoms with Crippen LogP contribution in [-0.2, 0) is 6.61 Å². The van der Waals surface area contributed by atoms with Gasteiger partial charge in [-0.3, -0.25) is 4.79 Å². The van der Waals surface area contributed by atoms with E-state index in [0.29, 0.717) is 33.8 Å². The highest BCUT2D eigenvalue weighted by Crippen LogP contribution is 2.32. The Balaban J connectivity index is 1.45. The van der Waals surface area contributed by atoms with Gasteiger partial charge in [0.1, 0.15) is 6.61 Å². The Morgan fingerprint density at radius 3 is 2.39 bits per heavy atom. The number of halogens is 1. The first-order chi connectivity index (χ1) is 16.1. The maximum absolute atomic E-state index is 12.4. The average Bonchev–Trinajstić information content (AvgIpc) is 3.35. The molecule has 166 valence electrons. The molecular formula is C25H20ClN3O3S. The van der Waals surface area contributed by atoms with Crippen LogP contribution in [0.4, 0.5) is 5.69 Å². The van der Waals surface area contributed by atoms with Crippen LogP contribution in [0.15, 0.2) is 78.9 Å². The molecule has 8 heteroatoms. The van der Waals surface area contributed by atoms with Crippen molar-refractivity contribution in [2.75, 3.05) is 12.4 Å². The van der Waals surface area contributed by atoms with Gasteiger partial charge in [-0.15, -0.1) is 10.2 Å². The van der Waals surface area contributed by atoms with Crippen molar-refractivity contribution in [1.82, 2.24) is 10.2 Å². The van der Waals surface area contributed by atoms with Crippen molar-refractivity contribution in [3.8, 4) is 11.5 Å². The Kier molecular flexibility index (Phi) is 7.34. The lowest BCUT2D eigenvalue weighted by molar-refractivity contribution is 0.102. The molecule has 4 aromatic rings. The van der Waals surface area contributed by atoms with Crippen LogP contribution in [0.2, 0.25) is 0 Å². The van der Waals surface area contributed by atoms with Crippen molar-refractivity contribution >= 4 is 45.6 Å². The second-order valence-corrected chi connectivity index (χ2v) is 8.29. The van der Waals surface area contributed by atoms with Gasteiger partial charge in [0.15, 0.2) is 16.5 Å². The third-order valence-electron chi connectivity index (χ3n) is 4.57. The van der Waals surface area contributed by atoms with E-state index >= 15 is 0 Å². The molecule has 0 aliphatic heterocycles. The fourth-order valence-electron chi connectivity index (χ4n) is 2.95. The number of amides is 1. The SMILES string of the molecule is COc1cc(/C=C(\Cl)c2nnc(C(=O)Nc3ccccc3)s2)ccc1OCc1ccccc1. The van der Waals surface area contributed by atoms with Crippen LogP contribution in [0.1, 0.15) is 25.9 Å². The lowest BCUT2D eigenvalue weighted by atomic mass is 10.2. The van der Waals surface area contributed by atoms with Gasteiger partial charge in [0, 0.05) is 5.69 Å². The van der Waals surface area contributed by atoms with Gasteiger partial charge in [0.25, 0.3) is 5.91 Å². The summed E-state index contributed by atoms with van der Waals surface area (Å²) in [5.41, 5.74) is 2.55. The van der Waals surface area contributed by atoms with Crippen LogP contribution in [0, 0.1) is 0 Å². The number of methoxy groups -OCH3 is 1. The van der Waals surface area contributed by atoms with E-state index in [9.17, 15) is 4.79 Å². The zero-order chi connectivity index (χ0) is 23.0. The molecule has 6 nitrogen and oxygen atoms in total. The maximum Gasteiger partial charge on any atom is 0.286 e. The summed E-state index contributed by atoms with van der Waals surface area (Å²) in [7, 11) is 1.59. The lowest BCUT2D eigenvalue weighted by Crippen LogP contribution is -2.11. The largest absolute Gasteiger partial charge is 0.493 e. The van der Waals surface area contributed by atoms with Crippen molar-refractivity contribution in [2.24, 2.45) is 0 Å². The minimum Gasteiger partial charge on any atom is -0.493 e. The Morgan fingerprint density at radius 2 is 1.67 bits per heavy atom. The first-order valence-electron chi connectivity index (χ1n) is 10.0. The molecule has 0 unspecified atom stereocenters. The monoisotopic (exact) mass is 477 g/mol. The Bertz CT molecular complexity index is 1260. The van der Waals surface area contributed by atoms with Crippen molar-refractivity contribution in [3.63, 3.8) is 0 Å². The summed E-state index contributed by atoms with van der Waals surface area (Å²) in [6, 6.07) is 24.6. The molecule has 0 atom stereocenters. The van der Waals surface area contributed by atoms with Gasteiger partial charge >= 0.3 is 0 Å². The Morgan fingerprint density at radius 1 is 0.970 bits per heavy atom. The number of aromatic nitrogens is 2. The van der Waals surface area contributed by atoms with Gasteiger partial charge in [-0.2, -0.15) is 0 Å². The minimum absolute atomic E-state index is 0.225. The summed E-state index contributed by atoms with van der Waals surface area (Å²) >= 11 is 7.58. The predicted octanol–water partition coefficient (Wildman–Crippen LogP) is 6.11. The van der Waals surface area contributed by atoms with E-state index in [-0.39, 0.29) is 10.9 Å². The molecule has 1 amide bonds. The number of rotatable bonds is 8. The average molecular weight is 478 g/mol. The second kappa shape index (κ2) is 10.8. The van der Waals surface area contributed by atoms with Crippen molar-refractivity contribution in [2.45, 2.75) is 6.61 Å². The quantitative estimate of drug-likeness (QED) is 0.331. The van der Waals surface area contributed by atoms with E-state index in [1.165, 1.54) is 0 Å². The Labute approximate surface area is 200 Å². The van der Waals surface area contributed by atoms with Gasteiger partial charge in [0.2, 0.25) is 5.01 Å². The topological polar surface area (TPSA) is 73.3 Å². The first-order valence-corrected chi connectivity index (χ1v) is 11.2. The number of carbonyl (C=O) groups excluding carboxylic acids is 1. The third kappa shape index (κ3) is 5.97. The zero-order valence-corrected chi connectivity index (χ0v) is 19.3. The summed E-state index contributed by atoms with van der Waals surface area (Å²) in [5.74, 6) is 0.880. The maximum atomic E-state index is 12.4. The van der Waals surface area contributed by atoms with Crippen LogP contribution in [0.25, 0.3) is 11.1 Å². The highest BCUT2D eigenvalue weighted by atomic mass is 35.5. The van der Waals surface area contributed by atoms with Gasteiger partial charge < -0.3 is 14.8 Å². The van der Waals surface area contributed by atoms with E-state index in [1.807, 2.05) is 66.7 Å². The summed E-state index contributed by atoms with van der Waals surface area (Å²) in [4.78, 5) is 12.4. The first kappa shape index (κ1) is 22.5. The lowest BCUT2D eigenvalue weighted by Gasteiger charge is -2.11. The molecule has 0 saturated heterocycles. The van der Waals surface area contributed by atoms with Gasteiger partial charge in [0.05, 0.1) is 12.1 Å². The van der Waals surface area contributed by atoms with Crippen molar-refractivity contribution in [3.05, 3.63) is 100 Å². The van der Waals surface area contributed by atoms with Gasteiger partial charge in [-0.05, 0) is 41.5 Å². The normalized spacial score (nSPS) is 11.2. The fraction of sp³-hybridized carbons (Fsp3) is 0.0800. The smallest absolute Gasteiger partial charge is 0.286 e. The number of hydrogen-bond donors (Lipinski definition) is 1. The molecule has 0 bridgehead atoms. The molecule has 0 aliphatic rings. The number of nitrogens with one attached hydrogen (secondary N) is 1. The van der Waals surface area contributed by atoms with Crippen LogP contribution in [0.3, 0.4) is 0 Å². The molecule has 0 spiro atoms. The van der Waals surface area contributed by atoms with E-state index in [4.69, 9.17) is 21.1 Å². The molecule has 33 heavy (non-hydrogen) atoms. The Hall–Kier alpha value is -3.68. The van der Waals surface area contributed by atoms with Crippen LogP contribution < -0.4 is 14.8 Å². The number of ether oxygens (including phenoxy) is 2. The number of para-hydroxylation sites is 1. The highest BCUT2D eigenvalue weighted by molar-refractivity contribution is 7.15. The van der Waals surface area contributed by atoms with Crippen LogP contribution >= 0.6 is 22.9 Å². The molecule has 3 aromatic carbocycles. The van der Waals surface area contributed by atoms with E-state index < -0.39 is 0 Å². The third-order valence-corrected chi connectivity index (χ3v) is 5.93. The number of anilines is 1. The van der Waals surface area contributed by atoms with E-state index in [2.05, 4.69) is 15.5 Å². The van der Waals surface area contributed by atoms with Crippen molar-refractivity contribution < 1.29 is 14.3 Å². The molecular weight excluding hydrogens is 458 g/mol. The molecule has 0 saturated carbocycles. The molecule has 1 heterocycles. The van der Waals surface area contributed by atoms with Gasteiger partial charge in [-0.25, -0.2) is 0 Å². The summed E-state index contributed by atoms with van der Waals surface area (Å²) in [6.45, 7) is 0.436. The minimum atomic E-state index is -0.337. The molecule has 1 N–H and O–H groups in total. The molecule has 0 fully saturated rings. The molecule has 0 aliphatic carbocycles. The number of carbonyl (C=O) groups is 1. The summed E-state index contributed by atoms with van der Waals surface area (Å²) in [6.07, 6.45) is 1.74. The van der Waals surface area contributed by atoms with E-state index in [0.717, 1.165) is 22.5 Å². The predicted molar refractivity (Wildman–Crippen MR) is 132 cm³/mol. The van der Waals surface area contributed by atoms with E-state index in [1.54, 1.807) is 25.3 Å².